The first-order valence-electron chi connectivity index (χ1n) is 5.23. The maximum Gasteiger partial charge on any atom is 0.305 e. The Labute approximate surface area is 97.5 Å². The fourth-order valence-corrected chi connectivity index (χ4v) is 2.70. The zero-order chi connectivity index (χ0) is 11.5. The molecule has 0 aliphatic carbocycles. The molecule has 1 unspecified atom stereocenters. The normalized spacial score (nSPS) is 20.0. The largest absolute Gasteiger partial charge is 0.481 e. The topological polar surface area (TPSA) is 57.6 Å². The van der Waals surface area contributed by atoms with Crippen molar-refractivity contribution in [2.45, 2.75) is 25.3 Å². The Morgan fingerprint density at radius 1 is 1.56 bits per heavy atom. The molecule has 0 aromatic carbocycles. The summed E-state index contributed by atoms with van der Waals surface area (Å²) in [6, 6.07) is 1.65. The third-order valence-corrected chi connectivity index (χ3v) is 3.50. The molecule has 1 N–H and O–H groups in total. The van der Waals surface area contributed by atoms with E-state index in [1.807, 2.05) is 5.38 Å². The fourth-order valence-electron chi connectivity index (χ4n) is 2.07. The van der Waals surface area contributed by atoms with Crippen molar-refractivity contribution in [2.24, 2.45) is 0 Å². The highest BCUT2D eigenvalue weighted by Gasteiger charge is 2.30. The number of likely N-dealkylation sites (tertiary alicyclic amines) is 1. The number of aliphatic carboxylic acids is 1. The van der Waals surface area contributed by atoms with Crippen LogP contribution in [-0.4, -0.2) is 34.5 Å². The van der Waals surface area contributed by atoms with Crippen molar-refractivity contribution in [3.8, 4) is 0 Å². The van der Waals surface area contributed by atoms with Gasteiger partial charge in [-0.3, -0.25) is 9.59 Å². The van der Waals surface area contributed by atoms with Gasteiger partial charge in [0.2, 0.25) is 0 Å². The van der Waals surface area contributed by atoms with E-state index in [1.165, 1.54) is 11.3 Å². The second-order valence-electron chi connectivity index (χ2n) is 3.90. The van der Waals surface area contributed by atoms with Crippen molar-refractivity contribution >= 4 is 23.2 Å². The standard InChI is InChI=1S/C11H13NO3S/c13-10(14)6-9-2-1-4-12(9)11(15)8-3-5-16-7-8/h3,5,7,9H,1-2,4,6H2,(H,13,14). The monoisotopic (exact) mass is 239 g/mol. The van der Waals surface area contributed by atoms with Gasteiger partial charge in [0.25, 0.3) is 5.91 Å². The molecule has 1 amide bonds. The lowest BCUT2D eigenvalue weighted by Crippen LogP contribution is -2.36. The predicted molar refractivity (Wildman–Crippen MR) is 60.6 cm³/mol. The van der Waals surface area contributed by atoms with Crippen molar-refractivity contribution in [3.63, 3.8) is 0 Å². The van der Waals surface area contributed by atoms with Crippen LogP contribution >= 0.6 is 11.3 Å². The number of amides is 1. The van der Waals surface area contributed by atoms with Gasteiger partial charge in [0, 0.05) is 18.0 Å². The number of carboxylic acids is 1. The van der Waals surface area contributed by atoms with Crippen LogP contribution in [0.15, 0.2) is 16.8 Å². The maximum atomic E-state index is 12.0. The smallest absolute Gasteiger partial charge is 0.305 e. The second-order valence-corrected chi connectivity index (χ2v) is 4.68. The van der Waals surface area contributed by atoms with Crippen LogP contribution in [0.5, 0.6) is 0 Å². The van der Waals surface area contributed by atoms with E-state index < -0.39 is 5.97 Å². The van der Waals surface area contributed by atoms with Crippen LogP contribution in [0.2, 0.25) is 0 Å². The van der Waals surface area contributed by atoms with E-state index in [1.54, 1.807) is 16.3 Å². The molecule has 0 spiro atoms. The molecule has 1 fully saturated rings. The number of hydrogen-bond donors (Lipinski definition) is 1. The highest BCUT2D eigenvalue weighted by Crippen LogP contribution is 2.23. The van der Waals surface area contributed by atoms with Gasteiger partial charge in [-0.1, -0.05) is 0 Å². The van der Waals surface area contributed by atoms with Gasteiger partial charge < -0.3 is 10.0 Å². The molecule has 1 atom stereocenters. The van der Waals surface area contributed by atoms with Gasteiger partial charge in [0.05, 0.1) is 12.0 Å². The van der Waals surface area contributed by atoms with Gasteiger partial charge in [-0.15, -0.1) is 0 Å². The van der Waals surface area contributed by atoms with Crippen molar-refractivity contribution in [1.29, 1.82) is 0 Å². The van der Waals surface area contributed by atoms with Crippen molar-refractivity contribution < 1.29 is 14.7 Å². The minimum Gasteiger partial charge on any atom is -0.481 e. The summed E-state index contributed by atoms with van der Waals surface area (Å²) in [4.78, 5) is 24.4. The molecule has 0 bridgehead atoms. The first kappa shape index (κ1) is 11.1. The van der Waals surface area contributed by atoms with Gasteiger partial charge in [0.1, 0.15) is 0 Å². The van der Waals surface area contributed by atoms with Crippen LogP contribution in [-0.2, 0) is 4.79 Å². The Morgan fingerprint density at radius 3 is 3.00 bits per heavy atom. The zero-order valence-electron chi connectivity index (χ0n) is 8.76. The van der Waals surface area contributed by atoms with Crippen LogP contribution in [0.3, 0.4) is 0 Å². The van der Waals surface area contributed by atoms with Crippen LogP contribution < -0.4 is 0 Å². The number of thiophene rings is 1. The average molecular weight is 239 g/mol. The number of rotatable bonds is 3. The molecule has 2 heterocycles. The van der Waals surface area contributed by atoms with Gasteiger partial charge in [-0.25, -0.2) is 0 Å². The van der Waals surface area contributed by atoms with E-state index in [4.69, 9.17) is 5.11 Å². The summed E-state index contributed by atoms with van der Waals surface area (Å²) in [6.45, 7) is 0.673. The summed E-state index contributed by atoms with van der Waals surface area (Å²) in [5.74, 6) is -0.875. The molecule has 86 valence electrons. The quantitative estimate of drug-likeness (QED) is 0.875. The SMILES string of the molecule is O=C(O)CC1CCCN1C(=O)c1ccsc1. The molecule has 2 rings (SSSR count). The lowest BCUT2D eigenvalue weighted by atomic mass is 10.1. The van der Waals surface area contributed by atoms with Crippen molar-refractivity contribution in [1.82, 2.24) is 4.90 Å². The van der Waals surface area contributed by atoms with Gasteiger partial charge >= 0.3 is 5.97 Å². The lowest BCUT2D eigenvalue weighted by Gasteiger charge is -2.22. The first-order valence-corrected chi connectivity index (χ1v) is 6.17. The average Bonchev–Trinajstić information content (AvgIpc) is 2.84. The van der Waals surface area contributed by atoms with Crippen LogP contribution in [0, 0.1) is 0 Å². The summed E-state index contributed by atoms with van der Waals surface area (Å²) in [5, 5.41) is 12.4. The first-order chi connectivity index (χ1) is 7.68. The van der Waals surface area contributed by atoms with E-state index in [0.29, 0.717) is 12.1 Å². The van der Waals surface area contributed by atoms with Crippen LogP contribution in [0.4, 0.5) is 0 Å². The van der Waals surface area contributed by atoms with Crippen LogP contribution in [0.25, 0.3) is 0 Å². The van der Waals surface area contributed by atoms with E-state index >= 15 is 0 Å². The number of nitrogens with zero attached hydrogens (tertiary/aromatic N) is 1. The third-order valence-electron chi connectivity index (χ3n) is 2.82. The molecule has 5 heteroatoms. The van der Waals surface area contributed by atoms with Crippen molar-refractivity contribution in [2.75, 3.05) is 6.54 Å². The van der Waals surface area contributed by atoms with Gasteiger partial charge in [0.15, 0.2) is 0 Å². The van der Waals surface area contributed by atoms with E-state index in [0.717, 1.165) is 12.8 Å². The molecular weight excluding hydrogens is 226 g/mol. The minimum atomic E-state index is -0.838. The molecule has 1 saturated heterocycles. The highest BCUT2D eigenvalue weighted by molar-refractivity contribution is 7.08. The Kier molecular flexibility index (Phi) is 3.24. The van der Waals surface area contributed by atoms with Crippen molar-refractivity contribution in [3.05, 3.63) is 22.4 Å². The lowest BCUT2D eigenvalue weighted by molar-refractivity contribution is -0.137. The second kappa shape index (κ2) is 4.65. The fraction of sp³-hybridized carbons (Fsp3) is 0.455. The summed E-state index contributed by atoms with van der Waals surface area (Å²) < 4.78 is 0. The molecule has 4 nitrogen and oxygen atoms in total. The molecule has 0 radical (unpaired) electrons. The Morgan fingerprint density at radius 2 is 2.38 bits per heavy atom. The molecule has 16 heavy (non-hydrogen) atoms. The Balaban J connectivity index is 2.08. The number of carboxylic acid groups (broad SMARTS) is 1. The van der Waals surface area contributed by atoms with Gasteiger partial charge in [-0.2, -0.15) is 11.3 Å². The highest BCUT2D eigenvalue weighted by atomic mass is 32.1. The predicted octanol–water partition coefficient (Wildman–Crippen LogP) is 1.83. The van der Waals surface area contributed by atoms with Gasteiger partial charge in [-0.05, 0) is 24.3 Å². The number of carbonyl (C=O) groups excluding carboxylic acids is 1. The third kappa shape index (κ3) is 2.24. The van der Waals surface area contributed by atoms with E-state index in [-0.39, 0.29) is 18.4 Å². The summed E-state index contributed by atoms with van der Waals surface area (Å²) in [5.41, 5.74) is 0.669. The molecule has 1 aliphatic rings. The van der Waals surface area contributed by atoms with Crippen LogP contribution in [0.1, 0.15) is 29.6 Å². The zero-order valence-corrected chi connectivity index (χ0v) is 9.57. The molecule has 1 aliphatic heterocycles. The summed E-state index contributed by atoms with van der Waals surface area (Å²) in [7, 11) is 0. The maximum absolute atomic E-state index is 12.0. The molecule has 1 aromatic heterocycles. The van der Waals surface area contributed by atoms with E-state index in [9.17, 15) is 9.59 Å². The molecular formula is C11H13NO3S. The molecule has 1 aromatic rings. The number of carbonyl (C=O) groups is 2. The molecule has 0 saturated carbocycles. The number of hydrogen-bond acceptors (Lipinski definition) is 3. The minimum absolute atomic E-state index is 0.0370. The summed E-state index contributed by atoms with van der Waals surface area (Å²) in [6.07, 6.45) is 1.74. The van der Waals surface area contributed by atoms with E-state index in [2.05, 4.69) is 0 Å². The summed E-state index contributed by atoms with van der Waals surface area (Å²) >= 11 is 1.48. The Bertz CT molecular complexity index is 388. The Hall–Kier alpha value is -1.36.